The van der Waals surface area contributed by atoms with Crippen molar-refractivity contribution in [2.45, 2.75) is 45.2 Å². The van der Waals surface area contributed by atoms with Gasteiger partial charge in [-0.2, -0.15) is 0 Å². The molecule has 2 rings (SSSR count). The van der Waals surface area contributed by atoms with Crippen molar-refractivity contribution >= 4 is 11.6 Å². The Morgan fingerprint density at radius 2 is 2.35 bits per heavy atom. The van der Waals surface area contributed by atoms with Gasteiger partial charge in [0.25, 0.3) is 5.91 Å². The van der Waals surface area contributed by atoms with Crippen molar-refractivity contribution in [1.82, 2.24) is 9.88 Å². The van der Waals surface area contributed by atoms with Gasteiger partial charge in [0.05, 0.1) is 5.56 Å². The number of carbonyl (C=O) groups excluding carboxylic acids is 1. The van der Waals surface area contributed by atoms with Crippen LogP contribution in [-0.4, -0.2) is 27.9 Å². The summed E-state index contributed by atoms with van der Waals surface area (Å²) in [5, 5.41) is 0. The van der Waals surface area contributed by atoms with Crippen molar-refractivity contribution in [3.05, 3.63) is 24.0 Å². The normalized spacial score (nSPS) is 24.0. The summed E-state index contributed by atoms with van der Waals surface area (Å²) in [7, 11) is 0. The van der Waals surface area contributed by atoms with Crippen LogP contribution in [-0.2, 0) is 0 Å². The lowest BCUT2D eigenvalue weighted by Crippen LogP contribution is -2.40. The van der Waals surface area contributed by atoms with E-state index in [4.69, 9.17) is 5.73 Å². The molecule has 2 atom stereocenters. The van der Waals surface area contributed by atoms with Gasteiger partial charge in [0, 0.05) is 30.2 Å². The highest BCUT2D eigenvalue weighted by Crippen LogP contribution is 2.28. The van der Waals surface area contributed by atoms with E-state index < -0.39 is 0 Å². The van der Waals surface area contributed by atoms with E-state index in [1.54, 1.807) is 18.5 Å². The molecule has 0 radical (unpaired) electrons. The average Bonchev–Trinajstić information content (AvgIpc) is 2.70. The molecule has 1 amide bonds. The van der Waals surface area contributed by atoms with Crippen LogP contribution in [0.25, 0.3) is 0 Å². The topological polar surface area (TPSA) is 59.2 Å². The monoisotopic (exact) mass is 233 g/mol. The standard InChI is InChI=1S/C13H19N3O/c1-3-10-5-4-9(2)16(10)13(17)11-8-15-7-6-12(11)14/h6-10H,3-5H2,1-2H3,(H2,14,15). The van der Waals surface area contributed by atoms with Crippen molar-refractivity contribution in [2.75, 3.05) is 5.73 Å². The van der Waals surface area contributed by atoms with Crippen molar-refractivity contribution in [1.29, 1.82) is 0 Å². The number of anilines is 1. The lowest BCUT2D eigenvalue weighted by Gasteiger charge is -2.28. The van der Waals surface area contributed by atoms with Gasteiger partial charge < -0.3 is 10.6 Å². The van der Waals surface area contributed by atoms with Crippen LogP contribution in [0.3, 0.4) is 0 Å². The smallest absolute Gasteiger partial charge is 0.258 e. The molecule has 2 N–H and O–H groups in total. The van der Waals surface area contributed by atoms with E-state index in [0.717, 1.165) is 19.3 Å². The Balaban J connectivity index is 2.28. The van der Waals surface area contributed by atoms with E-state index in [1.807, 2.05) is 4.90 Å². The second-order valence-corrected chi connectivity index (χ2v) is 4.66. The Hall–Kier alpha value is -1.58. The van der Waals surface area contributed by atoms with Crippen LogP contribution in [0.5, 0.6) is 0 Å². The SMILES string of the molecule is CCC1CCC(C)N1C(=O)c1cnccc1N. The van der Waals surface area contributed by atoms with Crippen LogP contribution in [0, 0.1) is 0 Å². The van der Waals surface area contributed by atoms with Crippen LogP contribution in [0.2, 0.25) is 0 Å². The van der Waals surface area contributed by atoms with Crippen LogP contribution < -0.4 is 5.73 Å². The number of nitrogens with two attached hydrogens (primary N) is 1. The summed E-state index contributed by atoms with van der Waals surface area (Å²) in [6, 6.07) is 2.32. The molecule has 4 nitrogen and oxygen atoms in total. The average molecular weight is 233 g/mol. The van der Waals surface area contributed by atoms with E-state index >= 15 is 0 Å². The molecule has 0 saturated carbocycles. The fourth-order valence-electron chi connectivity index (χ4n) is 2.56. The molecule has 1 aliphatic rings. The maximum absolute atomic E-state index is 12.5. The zero-order chi connectivity index (χ0) is 12.4. The maximum atomic E-state index is 12.5. The quantitative estimate of drug-likeness (QED) is 0.850. The highest BCUT2D eigenvalue weighted by atomic mass is 16.2. The summed E-state index contributed by atoms with van der Waals surface area (Å²) in [6.07, 6.45) is 6.33. The zero-order valence-electron chi connectivity index (χ0n) is 10.4. The number of rotatable bonds is 2. The molecule has 0 aliphatic carbocycles. The van der Waals surface area contributed by atoms with E-state index in [1.165, 1.54) is 0 Å². The first-order valence-electron chi connectivity index (χ1n) is 6.17. The lowest BCUT2D eigenvalue weighted by molar-refractivity contribution is 0.0677. The Morgan fingerprint density at radius 1 is 1.59 bits per heavy atom. The highest BCUT2D eigenvalue weighted by Gasteiger charge is 2.34. The molecule has 2 heterocycles. The first-order valence-corrected chi connectivity index (χ1v) is 6.17. The van der Waals surface area contributed by atoms with Crippen LogP contribution in [0.1, 0.15) is 43.5 Å². The molecular formula is C13H19N3O. The Labute approximate surface area is 102 Å². The highest BCUT2D eigenvalue weighted by molar-refractivity contribution is 5.99. The molecule has 2 unspecified atom stereocenters. The second-order valence-electron chi connectivity index (χ2n) is 4.66. The molecule has 1 fully saturated rings. The van der Waals surface area contributed by atoms with Gasteiger partial charge in [0.2, 0.25) is 0 Å². The third-order valence-electron chi connectivity index (χ3n) is 3.58. The lowest BCUT2D eigenvalue weighted by atomic mass is 10.1. The first kappa shape index (κ1) is 11.9. The number of hydrogen-bond donors (Lipinski definition) is 1. The van der Waals surface area contributed by atoms with Gasteiger partial charge in [-0.05, 0) is 32.3 Å². The predicted molar refractivity (Wildman–Crippen MR) is 67.6 cm³/mol. The zero-order valence-corrected chi connectivity index (χ0v) is 10.4. The Morgan fingerprint density at radius 3 is 3.00 bits per heavy atom. The first-order chi connectivity index (χ1) is 8.15. The van der Waals surface area contributed by atoms with E-state index in [9.17, 15) is 4.79 Å². The van der Waals surface area contributed by atoms with Gasteiger partial charge in [0.1, 0.15) is 0 Å². The molecule has 4 heteroatoms. The minimum Gasteiger partial charge on any atom is -0.398 e. The number of likely N-dealkylation sites (tertiary alicyclic amines) is 1. The van der Waals surface area contributed by atoms with Gasteiger partial charge in [-0.1, -0.05) is 6.92 Å². The number of hydrogen-bond acceptors (Lipinski definition) is 3. The molecule has 0 bridgehead atoms. The third kappa shape index (κ3) is 2.12. The number of nitrogen functional groups attached to an aromatic ring is 1. The summed E-state index contributed by atoms with van der Waals surface area (Å²) >= 11 is 0. The van der Waals surface area contributed by atoms with Crippen molar-refractivity contribution in [3.63, 3.8) is 0 Å². The van der Waals surface area contributed by atoms with Gasteiger partial charge >= 0.3 is 0 Å². The summed E-state index contributed by atoms with van der Waals surface area (Å²) < 4.78 is 0. The van der Waals surface area contributed by atoms with Gasteiger partial charge in [-0.25, -0.2) is 0 Å². The van der Waals surface area contributed by atoms with Gasteiger partial charge in [-0.15, -0.1) is 0 Å². The summed E-state index contributed by atoms with van der Waals surface area (Å²) in [5.74, 6) is 0.0208. The minimum absolute atomic E-state index is 0.0208. The molecule has 92 valence electrons. The summed E-state index contributed by atoms with van der Waals surface area (Å²) in [5.41, 5.74) is 6.87. The van der Waals surface area contributed by atoms with Crippen molar-refractivity contribution in [2.24, 2.45) is 0 Å². The minimum atomic E-state index is 0.0208. The molecule has 1 aliphatic heterocycles. The molecule has 1 aromatic heterocycles. The fourth-order valence-corrected chi connectivity index (χ4v) is 2.56. The number of aromatic nitrogens is 1. The maximum Gasteiger partial charge on any atom is 0.258 e. The van der Waals surface area contributed by atoms with Crippen LogP contribution in [0.15, 0.2) is 18.5 Å². The molecule has 1 aromatic rings. The van der Waals surface area contributed by atoms with Crippen molar-refractivity contribution in [3.8, 4) is 0 Å². The Kier molecular flexibility index (Phi) is 3.31. The number of pyridine rings is 1. The van der Waals surface area contributed by atoms with Crippen LogP contribution in [0.4, 0.5) is 5.69 Å². The van der Waals surface area contributed by atoms with E-state index in [0.29, 0.717) is 23.3 Å². The molecule has 17 heavy (non-hydrogen) atoms. The summed E-state index contributed by atoms with van der Waals surface area (Å²) in [4.78, 5) is 18.4. The van der Waals surface area contributed by atoms with E-state index in [2.05, 4.69) is 18.8 Å². The molecule has 1 saturated heterocycles. The van der Waals surface area contributed by atoms with Crippen LogP contribution >= 0.6 is 0 Å². The number of carbonyl (C=O) groups is 1. The molecule has 0 aromatic carbocycles. The predicted octanol–water partition coefficient (Wildman–Crippen LogP) is 2.07. The van der Waals surface area contributed by atoms with Gasteiger partial charge in [-0.3, -0.25) is 9.78 Å². The van der Waals surface area contributed by atoms with E-state index in [-0.39, 0.29) is 5.91 Å². The third-order valence-corrected chi connectivity index (χ3v) is 3.58. The van der Waals surface area contributed by atoms with Crippen molar-refractivity contribution < 1.29 is 4.79 Å². The van der Waals surface area contributed by atoms with Gasteiger partial charge in [0.15, 0.2) is 0 Å². The Bertz CT molecular complexity index is 419. The fraction of sp³-hybridized carbons (Fsp3) is 0.538. The second kappa shape index (κ2) is 4.73. The largest absolute Gasteiger partial charge is 0.398 e. The number of nitrogens with zero attached hydrogens (tertiary/aromatic N) is 2. The number of amides is 1. The molecular weight excluding hydrogens is 214 g/mol. The molecule has 0 spiro atoms. The summed E-state index contributed by atoms with van der Waals surface area (Å²) in [6.45, 7) is 4.22.